The summed E-state index contributed by atoms with van der Waals surface area (Å²) >= 11 is 6.47. The number of nitro groups is 1. The number of hydrogen-bond donors (Lipinski definition) is 1. The van der Waals surface area contributed by atoms with Gasteiger partial charge in [-0.1, -0.05) is 60.2 Å². The van der Waals surface area contributed by atoms with E-state index < -0.39 is 0 Å². The van der Waals surface area contributed by atoms with Gasteiger partial charge in [0.15, 0.2) is 0 Å². The largest absolute Gasteiger partial charge is 0.378 e. The zero-order valence-electron chi connectivity index (χ0n) is 15.6. The molecule has 0 spiro atoms. The number of halogens is 1. The van der Waals surface area contributed by atoms with Crippen LogP contribution < -0.4 is 5.32 Å². The van der Waals surface area contributed by atoms with Gasteiger partial charge in [-0.05, 0) is 47.2 Å². The molecule has 0 radical (unpaired) electrons. The van der Waals surface area contributed by atoms with E-state index in [1.807, 2.05) is 18.2 Å². The van der Waals surface area contributed by atoms with Crippen molar-refractivity contribution in [3.05, 3.63) is 105 Å². The van der Waals surface area contributed by atoms with Gasteiger partial charge in [0, 0.05) is 34.3 Å². The summed E-state index contributed by atoms with van der Waals surface area (Å²) in [5.41, 5.74) is 5.57. The van der Waals surface area contributed by atoms with Crippen molar-refractivity contribution in [3.8, 4) is 11.1 Å². The third-order valence-corrected chi connectivity index (χ3v) is 6.34. The maximum Gasteiger partial charge on any atom is 0.269 e. The number of non-ortho nitro benzene ring substituents is 1. The molecule has 4 nitrogen and oxygen atoms in total. The van der Waals surface area contributed by atoms with Crippen LogP contribution in [0.1, 0.15) is 29.5 Å². The number of rotatable bonds is 3. The van der Waals surface area contributed by atoms with Crippen molar-refractivity contribution in [3.63, 3.8) is 0 Å². The summed E-state index contributed by atoms with van der Waals surface area (Å²) in [6.45, 7) is 0. The molecule has 0 amide bonds. The minimum absolute atomic E-state index is 0.0685. The van der Waals surface area contributed by atoms with Crippen LogP contribution in [0, 0.1) is 16.0 Å². The molecule has 29 heavy (non-hydrogen) atoms. The molecule has 0 saturated heterocycles. The molecule has 0 aromatic heterocycles. The van der Waals surface area contributed by atoms with E-state index in [0.717, 1.165) is 17.7 Å². The summed E-state index contributed by atoms with van der Waals surface area (Å²) in [7, 11) is 0. The Balaban J connectivity index is 1.58. The highest BCUT2D eigenvalue weighted by atomic mass is 35.5. The lowest BCUT2D eigenvalue weighted by Gasteiger charge is -2.38. The second kappa shape index (κ2) is 7.05. The zero-order valence-corrected chi connectivity index (χ0v) is 16.3. The highest BCUT2D eigenvalue weighted by Crippen LogP contribution is 2.51. The Bertz CT molecular complexity index is 1130. The van der Waals surface area contributed by atoms with Gasteiger partial charge < -0.3 is 5.32 Å². The first-order valence-corrected chi connectivity index (χ1v) is 10.1. The van der Waals surface area contributed by atoms with Crippen molar-refractivity contribution < 1.29 is 4.92 Å². The quantitative estimate of drug-likeness (QED) is 0.300. The Hall–Kier alpha value is -3.11. The fourth-order valence-corrected chi connectivity index (χ4v) is 4.83. The molecule has 3 aromatic rings. The molecular weight excluding hydrogens is 384 g/mol. The van der Waals surface area contributed by atoms with Crippen LogP contribution in [0.4, 0.5) is 11.4 Å². The maximum absolute atomic E-state index is 11.3. The SMILES string of the molecule is O=[N+]([O-])c1ccc(Cl)c([C@@H]2Nc3ccc(-c4ccccc4)cc3[C@@H]3C=CC[C@H]32)c1. The molecule has 5 rings (SSSR count). The number of fused-ring (bicyclic) bond motifs is 3. The van der Waals surface area contributed by atoms with Gasteiger partial charge in [-0.2, -0.15) is 0 Å². The average Bonchev–Trinajstić information content (AvgIpc) is 3.24. The lowest BCUT2D eigenvalue weighted by Crippen LogP contribution is -2.29. The van der Waals surface area contributed by atoms with Crippen molar-refractivity contribution >= 4 is 23.0 Å². The molecule has 2 aliphatic rings. The van der Waals surface area contributed by atoms with Gasteiger partial charge in [-0.3, -0.25) is 10.1 Å². The summed E-state index contributed by atoms with van der Waals surface area (Å²) < 4.78 is 0. The molecule has 1 heterocycles. The Morgan fingerprint density at radius 1 is 0.966 bits per heavy atom. The molecule has 1 aliphatic carbocycles. The van der Waals surface area contributed by atoms with Crippen LogP contribution in [0.5, 0.6) is 0 Å². The van der Waals surface area contributed by atoms with Crippen LogP contribution in [0.25, 0.3) is 11.1 Å². The third kappa shape index (κ3) is 3.10. The lowest BCUT2D eigenvalue weighted by atomic mass is 9.76. The van der Waals surface area contributed by atoms with Crippen LogP contribution in [0.15, 0.2) is 78.9 Å². The first-order chi connectivity index (χ1) is 14.1. The minimum atomic E-state index is -0.368. The second-order valence-electron chi connectivity index (χ2n) is 7.61. The molecule has 0 fully saturated rings. The van der Waals surface area contributed by atoms with Gasteiger partial charge in [-0.15, -0.1) is 0 Å². The first kappa shape index (κ1) is 18.0. The molecule has 0 saturated carbocycles. The van der Waals surface area contributed by atoms with Crippen LogP contribution >= 0.6 is 11.6 Å². The van der Waals surface area contributed by atoms with Gasteiger partial charge in [0.05, 0.1) is 11.0 Å². The molecular formula is C24H19ClN2O2. The normalized spacial score (nSPS) is 21.9. The number of hydrogen-bond acceptors (Lipinski definition) is 3. The molecule has 3 aromatic carbocycles. The zero-order chi connectivity index (χ0) is 20.0. The number of nitrogens with one attached hydrogen (secondary N) is 1. The molecule has 5 heteroatoms. The van der Waals surface area contributed by atoms with E-state index in [2.05, 4.69) is 47.8 Å². The van der Waals surface area contributed by atoms with Crippen molar-refractivity contribution in [1.82, 2.24) is 0 Å². The summed E-state index contributed by atoms with van der Waals surface area (Å²) in [4.78, 5) is 10.9. The van der Waals surface area contributed by atoms with E-state index in [0.29, 0.717) is 5.02 Å². The second-order valence-corrected chi connectivity index (χ2v) is 8.01. The molecule has 1 N–H and O–H groups in total. The van der Waals surface area contributed by atoms with Gasteiger partial charge in [-0.25, -0.2) is 0 Å². The monoisotopic (exact) mass is 402 g/mol. The molecule has 1 aliphatic heterocycles. The smallest absolute Gasteiger partial charge is 0.269 e. The number of nitrogens with zero attached hydrogens (tertiary/aromatic N) is 1. The van der Waals surface area contributed by atoms with E-state index in [1.165, 1.54) is 22.8 Å². The Morgan fingerprint density at radius 2 is 1.79 bits per heavy atom. The predicted molar refractivity (Wildman–Crippen MR) is 116 cm³/mol. The Morgan fingerprint density at radius 3 is 2.59 bits per heavy atom. The molecule has 144 valence electrons. The van der Waals surface area contributed by atoms with Gasteiger partial charge >= 0.3 is 0 Å². The van der Waals surface area contributed by atoms with Crippen LogP contribution in [-0.2, 0) is 0 Å². The van der Waals surface area contributed by atoms with Crippen LogP contribution in [-0.4, -0.2) is 4.92 Å². The number of nitro benzene ring substituents is 1. The van der Waals surface area contributed by atoms with Crippen molar-refractivity contribution in [1.29, 1.82) is 0 Å². The van der Waals surface area contributed by atoms with Crippen molar-refractivity contribution in [2.75, 3.05) is 5.32 Å². The maximum atomic E-state index is 11.3. The van der Waals surface area contributed by atoms with E-state index in [-0.39, 0.29) is 28.5 Å². The highest BCUT2D eigenvalue weighted by Gasteiger charge is 2.39. The first-order valence-electron chi connectivity index (χ1n) is 9.68. The summed E-state index contributed by atoms with van der Waals surface area (Å²) in [5.74, 6) is 0.531. The fourth-order valence-electron chi connectivity index (χ4n) is 4.60. The Labute approximate surface area is 174 Å². The summed E-state index contributed by atoms with van der Waals surface area (Å²) in [6.07, 6.45) is 5.38. The van der Waals surface area contributed by atoms with Gasteiger partial charge in [0.1, 0.15) is 0 Å². The minimum Gasteiger partial charge on any atom is -0.378 e. The standard InChI is InChI=1S/C24H19ClN2O2/c25-22-11-10-17(27(28)29)14-21(22)24-19-8-4-7-18(19)20-13-16(9-12-23(20)26-24)15-5-2-1-3-6-15/h1-7,9-14,18-19,24,26H,8H2/t18-,19-,24-/m1/s1. The molecule has 3 atom stereocenters. The highest BCUT2D eigenvalue weighted by molar-refractivity contribution is 6.31. The van der Waals surface area contributed by atoms with Gasteiger partial charge in [0.25, 0.3) is 5.69 Å². The van der Waals surface area contributed by atoms with Crippen LogP contribution in [0.2, 0.25) is 5.02 Å². The van der Waals surface area contributed by atoms with E-state index in [1.54, 1.807) is 12.1 Å². The third-order valence-electron chi connectivity index (χ3n) is 6.00. The molecule has 0 bridgehead atoms. The van der Waals surface area contributed by atoms with E-state index in [9.17, 15) is 10.1 Å². The van der Waals surface area contributed by atoms with E-state index in [4.69, 9.17) is 11.6 Å². The van der Waals surface area contributed by atoms with E-state index >= 15 is 0 Å². The predicted octanol–water partition coefficient (Wildman–Crippen LogP) is 6.74. The van der Waals surface area contributed by atoms with Crippen molar-refractivity contribution in [2.45, 2.75) is 18.4 Å². The van der Waals surface area contributed by atoms with Gasteiger partial charge in [0.2, 0.25) is 0 Å². The Kier molecular flexibility index (Phi) is 4.36. The summed E-state index contributed by atoms with van der Waals surface area (Å²) in [6, 6.07) is 21.5. The fraction of sp³-hybridized carbons (Fsp3) is 0.167. The summed E-state index contributed by atoms with van der Waals surface area (Å²) in [5, 5.41) is 15.5. The number of benzene rings is 3. The van der Waals surface area contributed by atoms with Crippen LogP contribution in [0.3, 0.4) is 0 Å². The number of anilines is 1. The van der Waals surface area contributed by atoms with Crippen molar-refractivity contribution in [2.24, 2.45) is 5.92 Å². The molecule has 0 unspecified atom stereocenters. The lowest BCUT2D eigenvalue weighted by molar-refractivity contribution is -0.384. The number of allylic oxidation sites excluding steroid dienone is 2. The average molecular weight is 403 g/mol. The topological polar surface area (TPSA) is 55.2 Å².